The molecule has 0 amide bonds. The van der Waals surface area contributed by atoms with E-state index in [1.165, 1.54) is 0 Å². The van der Waals surface area contributed by atoms with Crippen LogP contribution in [-0.2, 0) is 11.3 Å². The number of hydrogen-bond donors (Lipinski definition) is 0. The van der Waals surface area contributed by atoms with Gasteiger partial charge in [-0.05, 0) is 24.5 Å². The van der Waals surface area contributed by atoms with Crippen LogP contribution >= 0.6 is 11.8 Å². The molecule has 0 N–H and O–H groups in total. The van der Waals surface area contributed by atoms with Crippen LogP contribution in [-0.4, -0.2) is 65.2 Å². The lowest BCUT2D eigenvalue weighted by atomic mass is 10.6. The lowest BCUT2D eigenvalue weighted by molar-refractivity contribution is 0.218. The third-order valence-electron chi connectivity index (χ3n) is 1.78. The molecule has 0 unspecified atom stereocenters. The van der Waals surface area contributed by atoms with Crippen molar-refractivity contribution in [3.63, 3.8) is 0 Å². The molecule has 0 aliphatic heterocycles. The molecule has 6 nitrogen and oxygen atoms in total. The molecule has 0 spiro atoms. The number of rotatable bonds is 7. The standard InChI is InChI=1S/C8H17N5OS/c1-12(2)4-5-13-8(9-10-11-13)15-7-6-14-3/h4-7H2,1-3H3. The minimum Gasteiger partial charge on any atom is -0.384 e. The van der Waals surface area contributed by atoms with Gasteiger partial charge in [0.1, 0.15) is 0 Å². The van der Waals surface area contributed by atoms with E-state index in [2.05, 4.69) is 20.4 Å². The molecular formula is C8H17N5OS. The summed E-state index contributed by atoms with van der Waals surface area (Å²) in [5, 5.41) is 12.4. The van der Waals surface area contributed by atoms with Gasteiger partial charge < -0.3 is 9.64 Å². The van der Waals surface area contributed by atoms with E-state index in [1.54, 1.807) is 18.9 Å². The van der Waals surface area contributed by atoms with Crippen LogP contribution in [0.1, 0.15) is 0 Å². The molecule has 0 aliphatic carbocycles. The van der Waals surface area contributed by atoms with E-state index < -0.39 is 0 Å². The zero-order chi connectivity index (χ0) is 11.1. The predicted octanol–water partition coefficient (Wildman–Crippen LogP) is -0.0268. The summed E-state index contributed by atoms with van der Waals surface area (Å²) < 4.78 is 6.79. The summed E-state index contributed by atoms with van der Waals surface area (Å²) in [6, 6.07) is 0. The zero-order valence-corrected chi connectivity index (χ0v) is 10.2. The first-order valence-electron chi connectivity index (χ1n) is 4.76. The predicted molar refractivity (Wildman–Crippen MR) is 59.0 cm³/mol. The molecule has 1 aromatic rings. The maximum absolute atomic E-state index is 4.97. The monoisotopic (exact) mass is 231 g/mol. The highest BCUT2D eigenvalue weighted by atomic mass is 32.2. The molecule has 1 aromatic heterocycles. The summed E-state index contributed by atoms with van der Waals surface area (Å²) >= 11 is 1.61. The van der Waals surface area contributed by atoms with Crippen LogP contribution in [0.25, 0.3) is 0 Å². The zero-order valence-electron chi connectivity index (χ0n) is 9.38. The Kier molecular flexibility index (Phi) is 5.59. The van der Waals surface area contributed by atoms with Crippen molar-refractivity contribution in [2.45, 2.75) is 11.7 Å². The summed E-state index contributed by atoms with van der Waals surface area (Å²) in [7, 11) is 5.75. The first kappa shape index (κ1) is 12.4. The first-order valence-corrected chi connectivity index (χ1v) is 5.75. The van der Waals surface area contributed by atoms with Crippen molar-refractivity contribution in [2.75, 3.05) is 40.1 Å². The van der Waals surface area contributed by atoms with E-state index in [-0.39, 0.29) is 0 Å². The topological polar surface area (TPSA) is 56.1 Å². The highest BCUT2D eigenvalue weighted by Crippen LogP contribution is 2.12. The van der Waals surface area contributed by atoms with Crippen molar-refractivity contribution >= 4 is 11.8 Å². The first-order chi connectivity index (χ1) is 7.24. The summed E-state index contributed by atoms with van der Waals surface area (Å²) in [6.45, 7) is 2.46. The Hall–Kier alpha value is -0.660. The van der Waals surface area contributed by atoms with Crippen LogP contribution < -0.4 is 0 Å². The molecule has 0 atom stereocenters. The van der Waals surface area contributed by atoms with Crippen molar-refractivity contribution in [3.8, 4) is 0 Å². The minimum absolute atomic E-state index is 0.713. The molecular weight excluding hydrogens is 214 g/mol. The van der Waals surface area contributed by atoms with Gasteiger partial charge in [0.2, 0.25) is 5.16 Å². The fourth-order valence-electron chi connectivity index (χ4n) is 0.951. The van der Waals surface area contributed by atoms with Gasteiger partial charge in [0.05, 0.1) is 13.2 Å². The number of likely N-dealkylation sites (N-methyl/N-ethyl adjacent to an activating group) is 1. The van der Waals surface area contributed by atoms with Gasteiger partial charge in [-0.25, -0.2) is 4.68 Å². The number of tetrazole rings is 1. The van der Waals surface area contributed by atoms with E-state index in [0.717, 1.165) is 24.0 Å². The second-order valence-electron chi connectivity index (χ2n) is 3.33. The van der Waals surface area contributed by atoms with Gasteiger partial charge in [-0.3, -0.25) is 0 Å². The summed E-state index contributed by atoms with van der Waals surface area (Å²) in [6.07, 6.45) is 0. The molecule has 86 valence electrons. The van der Waals surface area contributed by atoms with Crippen molar-refractivity contribution in [1.29, 1.82) is 0 Å². The van der Waals surface area contributed by atoms with Gasteiger partial charge in [0.15, 0.2) is 0 Å². The number of nitrogens with zero attached hydrogens (tertiary/aromatic N) is 5. The molecule has 1 rings (SSSR count). The quantitative estimate of drug-likeness (QED) is 0.485. The number of aromatic nitrogens is 4. The lowest BCUT2D eigenvalue weighted by Crippen LogP contribution is -2.19. The van der Waals surface area contributed by atoms with E-state index in [1.807, 2.05) is 18.8 Å². The van der Waals surface area contributed by atoms with Gasteiger partial charge in [0.25, 0.3) is 0 Å². The van der Waals surface area contributed by atoms with Crippen LogP contribution in [0.15, 0.2) is 5.16 Å². The van der Waals surface area contributed by atoms with Crippen LogP contribution in [0.4, 0.5) is 0 Å². The van der Waals surface area contributed by atoms with Crippen LogP contribution in [0.3, 0.4) is 0 Å². The Labute approximate surface area is 94.0 Å². The molecule has 0 aliphatic rings. The van der Waals surface area contributed by atoms with Crippen LogP contribution in [0, 0.1) is 0 Å². The molecule has 0 aromatic carbocycles. The Morgan fingerprint density at radius 3 is 2.93 bits per heavy atom. The Morgan fingerprint density at radius 2 is 2.27 bits per heavy atom. The molecule has 0 radical (unpaired) electrons. The summed E-state index contributed by atoms with van der Waals surface area (Å²) in [5.74, 6) is 0.874. The fourth-order valence-corrected chi connectivity index (χ4v) is 1.75. The van der Waals surface area contributed by atoms with Crippen molar-refractivity contribution < 1.29 is 4.74 Å². The third kappa shape index (κ3) is 4.59. The van der Waals surface area contributed by atoms with Gasteiger partial charge in [-0.1, -0.05) is 11.8 Å². The Morgan fingerprint density at radius 1 is 1.47 bits per heavy atom. The van der Waals surface area contributed by atoms with E-state index in [9.17, 15) is 0 Å². The average molecular weight is 231 g/mol. The number of hydrogen-bond acceptors (Lipinski definition) is 6. The summed E-state index contributed by atoms with van der Waals surface area (Å²) in [5.41, 5.74) is 0. The normalized spacial score (nSPS) is 11.2. The highest BCUT2D eigenvalue weighted by molar-refractivity contribution is 7.99. The Balaban J connectivity index is 2.39. The number of methoxy groups -OCH3 is 1. The average Bonchev–Trinajstić information content (AvgIpc) is 2.63. The second-order valence-corrected chi connectivity index (χ2v) is 4.39. The van der Waals surface area contributed by atoms with Crippen molar-refractivity contribution in [3.05, 3.63) is 0 Å². The molecule has 15 heavy (non-hydrogen) atoms. The van der Waals surface area contributed by atoms with Gasteiger partial charge in [-0.2, -0.15) is 0 Å². The number of ether oxygens (including phenoxy) is 1. The Bertz CT molecular complexity index is 278. The van der Waals surface area contributed by atoms with Crippen LogP contribution in [0.2, 0.25) is 0 Å². The molecule has 0 saturated carbocycles. The van der Waals surface area contributed by atoms with Crippen molar-refractivity contribution in [1.82, 2.24) is 25.1 Å². The largest absolute Gasteiger partial charge is 0.384 e. The van der Waals surface area contributed by atoms with E-state index >= 15 is 0 Å². The van der Waals surface area contributed by atoms with Gasteiger partial charge in [-0.15, -0.1) is 5.10 Å². The highest BCUT2D eigenvalue weighted by Gasteiger charge is 2.06. The molecule has 0 saturated heterocycles. The minimum atomic E-state index is 0.713. The smallest absolute Gasteiger partial charge is 0.209 e. The maximum Gasteiger partial charge on any atom is 0.209 e. The van der Waals surface area contributed by atoms with E-state index in [4.69, 9.17) is 4.74 Å². The van der Waals surface area contributed by atoms with Gasteiger partial charge in [0, 0.05) is 19.4 Å². The molecule has 1 heterocycles. The second kappa shape index (κ2) is 6.76. The van der Waals surface area contributed by atoms with Crippen molar-refractivity contribution in [2.24, 2.45) is 0 Å². The fraction of sp³-hybridized carbons (Fsp3) is 0.875. The molecule has 0 bridgehead atoms. The lowest BCUT2D eigenvalue weighted by Gasteiger charge is -2.09. The van der Waals surface area contributed by atoms with E-state index in [0.29, 0.717) is 6.61 Å². The third-order valence-corrected chi connectivity index (χ3v) is 2.70. The van der Waals surface area contributed by atoms with Gasteiger partial charge >= 0.3 is 0 Å². The molecule has 7 heteroatoms. The maximum atomic E-state index is 4.97. The SMILES string of the molecule is COCCSc1nnnn1CCN(C)C. The molecule has 0 fully saturated rings. The van der Waals surface area contributed by atoms with Crippen LogP contribution in [0.5, 0.6) is 0 Å². The summed E-state index contributed by atoms with van der Waals surface area (Å²) in [4.78, 5) is 2.10. The number of thioether (sulfide) groups is 1.